The van der Waals surface area contributed by atoms with Crippen molar-refractivity contribution in [2.45, 2.75) is 91.5 Å². The number of hydrogen-bond donors (Lipinski definition) is 1. The standard InChI is InChI=1S/C18H31N3O2/c1-11(2)21-13(4)14(12(3)20-21)9-16(22)19-15-10-17(5,6)23-18(15,7)8/h11,15H,9-10H2,1-8H3,(H,19,22)/t15-/m0/s1. The molecule has 130 valence electrons. The molecule has 0 radical (unpaired) electrons. The summed E-state index contributed by atoms with van der Waals surface area (Å²) in [6, 6.07) is 0.333. The molecule has 1 fully saturated rings. The van der Waals surface area contributed by atoms with Gasteiger partial charge in [0.05, 0.1) is 29.4 Å². The number of hydrogen-bond acceptors (Lipinski definition) is 3. The third-order valence-electron chi connectivity index (χ3n) is 4.71. The van der Waals surface area contributed by atoms with E-state index in [1.807, 2.05) is 32.4 Å². The van der Waals surface area contributed by atoms with Crippen molar-refractivity contribution >= 4 is 5.91 Å². The molecule has 0 spiro atoms. The van der Waals surface area contributed by atoms with E-state index in [2.05, 4.69) is 38.1 Å². The van der Waals surface area contributed by atoms with Gasteiger partial charge in [0.1, 0.15) is 0 Å². The van der Waals surface area contributed by atoms with Gasteiger partial charge in [-0.25, -0.2) is 0 Å². The lowest BCUT2D eigenvalue weighted by Gasteiger charge is -2.27. The first-order chi connectivity index (χ1) is 10.4. The zero-order valence-corrected chi connectivity index (χ0v) is 15.8. The molecule has 23 heavy (non-hydrogen) atoms. The molecule has 1 aliphatic heterocycles. The molecule has 1 amide bonds. The van der Waals surface area contributed by atoms with Gasteiger partial charge in [0.15, 0.2) is 0 Å². The maximum Gasteiger partial charge on any atom is 0.224 e. The highest BCUT2D eigenvalue weighted by molar-refractivity contribution is 5.79. The molecule has 1 atom stereocenters. The summed E-state index contributed by atoms with van der Waals surface area (Å²) < 4.78 is 8.04. The molecule has 0 aromatic carbocycles. The van der Waals surface area contributed by atoms with Crippen LogP contribution in [-0.2, 0) is 16.0 Å². The molecule has 0 unspecified atom stereocenters. The molecule has 1 aliphatic rings. The number of amides is 1. The minimum Gasteiger partial charge on any atom is -0.367 e. The molecule has 1 saturated heterocycles. The third kappa shape index (κ3) is 3.77. The van der Waals surface area contributed by atoms with E-state index in [1.54, 1.807) is 0 Å². The molecule has 1 aromatic heterocycles. The van der Waals surface area contributed by atoms with Gasteiger partial charge in [-0.1, -0.05) is 0 Å². The smallest absolute Gasteiger partial charge is 0.224 e. The molecule has 0 aliphatic carbocycles. The molecule has 2 heterocycles. The Bertz CT molecular complexity index is 600. The normalized spacial score (nSPS) is 22.6. The van der Waals surface area contributed by atoms with Crippen LogP contribution in [0.5, 0.6) is 0 Å². The van der Waals surface area contributed by atoms with Gasteiger partial charge in [-0.15, -0.1) is 0 Å². The third-order valence-corrected chi connectivity index (χ3v) is 4.71. The van der Waals surface area contributed by atoms with Crippen LogP contribution in [0.2, 0.25) is 0 Å². The van der Waals surface area contributed by atoms with Gasteiger partial charge in [0, 0.05) is 17.3 Å². The molecule has 1 aromatic rings. The van der Waals surface area contributed by atoms with Crippen LogP contribution in [0.1, 0.15) is 71.0 Å². The lowest BCUT2D eigenvalue weighted by atomic mass is 9.94. The molecule has 2 rings (SSSR count). The van der Waals surface area contributed by atoms with E-state index in [-0.39, 0.29) is 23.2 Å². The van der Waals surface area contributed by atoms with Crippen molar-refractivity contribution in [2.75, 3.05) is 0 Å². The first kappa shape index (κ1) is 18.0. The quantitative estimate of drug-likeness (QED) is 0.927. The average Bonchev–Trinajstić information content (AvgIpc) is 2.75. The molecular formula is C18H31N3O2. The second kappa shape index (κ2) is 5.93. The number of rotatable bonds is 4. The summed E-state index contributed by atoms with van der Waals surface area (Å²) in [6.45, 7) is 16.4. The van der Waals surface area contributed by atoms with E-state index in [4.69, 9.17) is 4.74 Å². The Morgan fingerprint density at radius 2 is 1.96 bits per heavy atom. The first-order valence-corrected chi connectivity index (χ1v) is 8.47. The summed E-state index contributed by atoms with van der Waals surface area (Å²) in [5.74, 6) is 0.0406. The summed E-state index contributed by atoms with van der Waals surface area (Å²) >= 11 is 0. The Labute approximate surface area is 139 Å². The summed E-state index contributed by atoms with van der Waals surface area (Å²) in [5, 5.41) is 7.72. The Kier molecular flexibility index (Phi) is 4.64. The van der Waals surface area contributed by atoms with Crippen LogP contribution in [0.15, 0.2) is 0 Å². The second-order valence-corrected chi connectivity index (χ2v) is 8.15. The summed E-state index contributed by atoms with van der Waals surface area (Å²) in [5.41, 5.74) is 2.51. The van der Waals surface area contributed by atoms with E-state index >= 15 is 0 Å². The Hall–Kier alpha value is -1.36. The van der Waals surface area contributed by atoms with Crippen molar-refractivity contribution in [2.24, 2.45) is 0 Å². The number of nitrogens with one attached hydrogen (secondary N) is 1. The molecule has 0 bridgehead atoms. The fraction of sp³-hybridized carbons (Fsp3) is 0.778. The molecule has 0 saturated carbocycles. The number of ether oxygens (including phenoxy) is 1. The van der Waals surface area contributed by atoms with Gasteiger partial charge in [0.25, 0.3) is 0 Å². The summed E-state index contributed by atoms with van der Waals surface area (Å²) in [7, 11) is 0. The van der Waals surface area contributed by atoms with Crippen LogP contribution in [-0.4, -0.2) is 32.9 Å². The fourth-order valence-corrected chi connectivity index (χ4v) is 3.65. The zero-order chi connectivity index (χ0) is 17.6. The van der Waals surface area contributed by atoms with Crippen LogP contribution in [0.25, 0.3) is 0 Å². The largest absolute Gasteiger partial charge is 0.367 e. The van der Waals surface area contributed by atoms with E-state index < -0.39 is 0 Å². The van der Waals surface area contributed by atoms with Gasteiger partial charge < -0.3 is 10.1 Å². The number of aromatic nitrogens is 2. The van der Waals surface area contributed by atoms with Gasteiger partial charge in [-0.2, -0.15) is 5.10 Å². The van der Waals surface area contributed by atoms with Gasteiger partial charge in [-0.05, 0) is 61.8 Å². The van der Waals surface area contributed by atoms with E-state index in [0.717, 1.165) is 23.4 Å². The van der Waals surface area contributed by atoms with Crippen LogP contribution in [0.3, 0.4) is 0 Å². The summed E-state index contributed by atoms with van der Waals surface area (Å²) in [6.07, 6.45) is 1.20. The second-order valence-electron chi connectivity index (χ2n) is 8.15. The predicted molar refractivity (Wildman–Crippen MR) is 91.6 cm³/mol. The van der Waals surface area contributed by atoms with E-state index in [0.29, 0.717) is 12.5 Å². The maximum absolute atomic E-state index is 12.5. The molecule has 5 nitrogen and oxygen atoms in total. The van der Waals surface area contributed by atoms with Crippen LogP contribution in [0.4, 0.5) is 0 Å². The number of nitrogens with zero attached hydrogens (tertiary/aromatic N) is 2. The van der Waals surface area contributed by atoms with Crippen molar-refractivity contribution in [3.8, 4) is 0 Å². The van der Waals surface area contributed by atoms with Crippen molar-refractivity contribution < 1.29 is 9.53 Å². The highest BCUT2D eigenvalue weighted by atomic mass is 16.5. The Balaban J connectivity index is 2.09. The monoisotopic (exact) mass is 321 g/mol. The number of carbonyl (C=O) groups excluding carboxylic acids is 1. The Morgan fingerprint density at radius 1 is 1.35 bits per heavy atom. The van der Waals surface area contributed by atoms with Gasteiger partial charge in [-0.3, -0.25) is 9.48 Å². The number of aryl methyl sites for hydroxylation is 1. The lowest BCUT2D eigenvalue weighted by Crippen LogP contribution is -2.46. The summed E-state index contributed by atoms with van der Waals surface area (Å²) in [4.78, 5) is 12.5. The van der Waals surface area contributed by atoms with Crippen LogP contribution in [0, 0.1) is 13.8 Å². The van der Waals surface area contributed by atoms with Crippen molar-refractivity contribution in [1.29, 1.82) is 0 Å². The topological polar surface area (TPSA) is 56.2 Å². The number of carbonyl (C=O) groups is 1. The fourth-order valence-electron chi connectivity index (χ4n) is 3.65. The maximum atomic E-state index is 12.5. The van der Waals surface area contributed by atoms with Gasteiger partial charge in [0.2, 0.25) is 5.91 Å². The zero-order valence-electron chi connectivity index (χ0n) is 15.8. The van der Waals surface area contributed by atoms with Crippen LogP contribution >= 0.6 is 0 Å². The molecule has 5 heteroatoms. The SMILES string of the molecule is Cc1nn(C(C)C)c(C)c1CC(=O)N[C@H]1CC(C)(C)OC1(C)C. The lowest BCUT2D eigenvalue weighted by molar-refractivity contribution is -0.123. The van der Waals surface area contributed by atoms with Crippen molar-refractivity contribution in [1.82, 2.24) is 15.1 Å². The first-order valence-electron chi connectivity index (χ1n) is 8.47. The highest BCUT2D eigenvalue weighted by Crippen LogP contribution is 2.37. The van der Waals surface area contributed by atoms with Crippen molar-refractivity contribution in [3.63, 3.8) is 0 Å². The van der Waals surface area contributed by atoms with Crippen LogP contribution < -0.4 is 5.32 Å². The van der Waals surface area contributed by atoms with E-state index in [9.17, 15) is 4.79 Å². The van der Waals surface area contributed by atoms with E-state index in [1.165, 1.54) is 0 Å². The van der Waals surface area contributed by atoms with Crippen molar-refractivity contribution in [3.05, 3.63) is 17.0 Å². The van der Waals surface area contributed by atoms with Gasteiger partial charge >= 0.3 is 0 Å². The molecular weight excluding hydrogens is 290 g/mol. The predicted octanol–water partition coefficient (Wildman–Crippen LogP) is 3.09. The molecule has 1 N–H and O–H groups in total. The average molecular weight is 321 g/mol. The minimum absolute atomic E-state index is 0.0331. The minimum atomic E-state index is -0.342. The highest BCUT2D eigenvalue weighted by Gasteiger charge is 2.46. The Morgan fingerprint density at radius 3 is 2.39 bits per heavy atom.